The Labute approximate surface area is 106 Å². The summed E-state index contributed by atoms with van der Waals surface area (Å²) < 4.78 is 24.7. The molecule has 0 aliphatic rings. The minimum atomic E-state index is -0.335. The number of halogens is 1. The number of hydrogen-bond acceptors (Lipinski definition) is 3. The lowest BCUT2D eigenvalue weighted by Gasteiger charge is -2.15. The summed E-state index contributed by atoms with van der Waals surface area (Å²) in [6, 6.07) is 6.69. The van der Waals surface area contributed by atoms with Crippen molar-refractivity contribution in [2.24, 2.45) is 0 Å². The van der Waals surface area contributed by atoms with Crippen LogP contribution in [0.5, 0.6) is 0 Å². The minimum absolute atomic E-state index is 0.0702. The van der Waals surface area contributed by atoms with Crippen LogP contribution < -0.4 is 5.32 Å². The van der Waals surface area contributed by atoms with Crippen molar-refractivity contribution in [2.75, 3.05) is 13.7 Å². The first-order valence-corrected chi connectivity index (χ1v) is 6.08. The third kappa shape index (κ3) is 2.71. The quantitative estimate of drug-likeness (QED) is 0.885. The zero-order valence-corrected chi connectivity index (χ0v) is 10.9. The van der Waals surface area contributed by atoms with Gasteiger partial charge in [-0.3, -0.25) is 0 Å². The third-order valence-corrected chi connectivity index (χ3v) is 2.80. The molecule has 2 rings (SSSR count). The summed E-state index contributed by atoms with van der Waals surface area (Å²) in [5.74, 6) is 0.358. The van der Waals surface area contributed by atoms with Crippen molar-refractivity contribution in [3.8, 4) is 0 Å². The Morgan fingerprint density at radius 1 is 1.39 bits per heavy atom. The van der Waals surface area contributed by atoms with Crippen LogP contribution in [0, 0.1) is 5.82 Å². The lowest BCUT2D eigenvalue weighted by Crippen LogP contribution is -2.23. The Balaban J connectivity index is 2.25. The van der Waals surface area contributed by atoms with Gasteiger partial charge in [-0.25, -0.2) is 4.39 Å². The fourth-order valence-corrected chi connectivity index (χ4v) is 1.82. The van der Waals surface area contributed by atoms with E-state index in [2.05, 4.69) is 5.32 Å². The summed E-state index contributed by atoms with van der Waals surface area (Å²) in [5, 5.41) is 3.89. The van der Waals surface area contributed by atoms with Gasteiger partial charge in [0.1, 0.15) is 5.76 Å². The summed E-state index contributed by atoms with van der Waals surface area (Å²) >= 11 is 0. The van der Waals surface area contributed by atoms with Gasteiger partial charge in [-0.2, -0.15) is 0 Å². The molecule has 1 atom stereocenters. The van der Waals surface area contributed by atoms with Gasteiger partial charge in [-0.15, -0.1) is 0 Å². The molecular formula is C14H18FNO2. The fourth-order valence-electron chi connectivity index (χ4n) is 1.82. The molecule has 1 aromatic heterocycles. The molecule has 2 aromatic rings. The van der Waals surface area contributed by atoms with E-state index in [1.165, 1.54) is 6.07 Å². The van der Waals surface area contributed by atoms with Crippen molar-refractivity contribution in [1.82, 2.24) is 5.32 Å². The Hall–Kier alpha value is -1.39. The van der Waals surface area contributed by atoms with E-state index >= 15 is 0 Å². The molecule has 0 aliphatic carbocycles. The Morgan fingerprint density at radius 2 is 2.17 bits per heavy atom. The molecule has 0 saturated carbocycles. The SMILES string of the molecule is CNC(COC(C)C)c1cc2cccc(F)c2o1. The van der Waals surface area contributed by atoms with Crippen molar-refractivity contribution in [3.05, 3.63) is 35.8 Å². The first kappa shape index (κ1) is 13.1. The van der Waals surface area contributed by atoms with E-state index in [1.807, 2.05) is 33.0 Å². The van der Waals surface area contributed by atoms with Crippen LogP contribution in [0.3, 0.4) is 0 Å². The van der Waals surface area contributed by atoms with E-state index in [0.29, 0.717) is 18.0 Å². The number of hydrogen-bond donors (Lipinski definition) is 1. The number of ether oxygens (including phenoxy) is 1. The first-order valence-electron chi connectivity index (χ1n) is 6.08. The highest BCUT2D eigenvalue weighted by Crippen LogP contribution is 2.26. The maximum absolute atomic E-state index is 13.5. The van der Waals surface area contributed by atoms with E-state index in [0.717, 1.165) is 5.39 Å². The van der Waals surface area contributed by atoms with Crippen molar-refractivity contribution in [3.63, 3.8) is 0 Å². The van der Waals surface area contributed by atoms with Gasteiger partial charge in [-0.05, 0) is 33.0 Å². The number of para-hydroxylation sites is 1. The number of furan rings is 1. The second kappa shape index (κ2) is 5.50. The molecule has 1 unspecified atom stereocenters. The normalized spacial score (nSPS) is 13.4. The lowest BCUT2D eigenvalue weighted by molar-refractivity contribution is 0.0587. The predicted octanol–water partition coefficient (Wildman–Crippen LogP) is 3.26. The van der Waals surface area contributed by atoms with Crippen molar-refractivity contribution in [1.29, 1.82) is 0 Å². The highest BCUT2D eigenvalue weighted by atomic mass is 19.1. The van der Waals surface area contributed by atoms with Crippen LogP contribution in [-0.2, 0) is 4.74 Å². The number of benzene rings is 1. The van der Waals surface area contributed by atoms with Gasteiger partial charge in [0.2, 0.25) is 0 Å². The molecule has 0 aliphatic heterocycles. The summed E-state index contributed by atoms with van der Waals surface area (Å²) in [4.78, 5) is 0. The maximum Gasteiger partial charge on any atom is 0.169 e. The van der Waals surface area contributed by atoms with Crippen LogP contribution in [-0.4, -0.2) is 19.8 Å². The number of likely N-dealkylation sites (N-methyl/N-ethyl adjacent to an activating group) is 1. The van der Waals surface area contributed by atoms with Crippen molar-refractivity contribution in [2.45, 2.75) is 26.0 Å². The molecule has 0 saturated heterocycles. The molecule has 1 aromatic carbocycles. The fraction of sp³-hybridized carbons (Fsp3) is 0.429. The van der Waals surface area contributed by atoms with Gasteiger partial charge >= 0.3 is 0 Å². The molecular weight excluding hydrogens is 233 g/mol. The van der Waals surface area contributed by atoms with E-state index in [1.54, 1.807) is 6.07 Å². The van der Waals surface area contributed by atoms with Crippen LogP contribution in [0.25, 0.3) is 11.0 Å². The summed E-state index contributed by atoms with van der Waals surface area (Å²) in [7, 11) is 1.83. The molecule has 18 heavy (non-hydrogen) atoms. The molecule has 3 nitrogen and oxygen atoms in total. The van der Waals surface area contributed by atoms with Crippen LogP contribution in [0.1, 0.15) is 25.6 Å². The first-order chi connectivity index (χ1) is 8.61. The molecule has 0 radical (unpaired) electrons. The largest absolute Gasteiger partial charge is 0.456 e. The van der Waals surface area contributed by atoms with Crippen molar-refractivity contribution >= 4 is 11.0 Å². The van der Waals surface area contributed by atoms with Crippen LogP contribution in [0.2, 0.25) is 0 Å². The Kier molecular flexibility index (Phi) is 3.99. The number of nitrogens with one attached hydrogen (secondary N) is 1. The summed E-state index contributed by atoms with van der Waals surface area (Å²) in [5.41, 5.74) is 0.303. The average molecular weight is 251 g/mol. The van der Waals surface area contributed by atoms with E-state index in [-0.39, 0.29) is 18.0 Å². The second-order valence-electron chi connectivity index (χ2n) is 4.53. The molecule has 0 spiro atoms. The summed E-state index contributed by atoms with van der Waals surface area (Å²) in [6.45, 7) is 4.45. The maximum atomic E-state index is 13.5. The van der Waals surface area contributed by atoms with Crippen LogP contribution >= 0.6 is 0 Å². The monoisotopic (exact) mass is 251 g/mol. The van der Waals surface area contributed by atoms with Crippen molar-refractivity contribution < 1.29 is 13.5 Å². The molecule has 1 N–H and O–H groups in total. The van der Waals surface area contributed by atoms with Gasteiger partial charge in [0.05, 0.1) is 18.8 Å². The predicted molar refractivity (Wildman–Crippen MR) is 69.1 cm³/mol. The third-order valence-electron chi connectivity index (χ3n) is 2.80. The van der Waals surface area contributed by atoms with Gasteiger partial charge in [0, 0.05) is 5.39 Å². The van der Waals surface area contributed by atoms with Gasteiger partial charge in [0.15, 0.2) is 11.4 Å². The summed E-state index contributed by atoms with van der Waals surface area (Å²) in [6.07, 6.45) is 0.155. The van der Waals surface area contributed by atoms with Crippen LogP contribution in [0.4, 0.5) is 4.39 Å². The molecule has 0 amide bonds. The Morgan fingerprint density at radius 3 is 2.78 bits per heavy atom. The Bertz CT molecular complexity index is 521. The number of fused-ring (bicyclic) bond motifs is 1. The number of rotatable bonds is 5. The van der Waals surface area contributed by atoms with Gasteiger partial charge < -0.3 is 14.5 Å². The van der Waals surface area contributed by atoms with E-state index in [9.17, 15) is 4.39 Å². The molecule has 1 heterocycles. The molecule has 0 fully saturated rings. The highest BCUT2D eigenvalue weighted by molar-refractivity contribution is 5.78. The molecule has 4 heteroatoms. The average Bonchev–Trinajstić information content (AvgIpc) is 2.75. The molecule has 98 valence electrons. The molecule has 0 bridgehead atoms. The highest BCUT2D eigenvalue weighted by Gasteiger charge is 2.16. The lowest BCUT2D eigenvalue weighted by atomic mass is 10.2. The second-order valence-corrected chi connectivity index (χ2v) is 4.53. The smallest absolute Gasteiger partial charge is 0.169 e. The zero-order chi connectivity index (χ0) is 13.1. The zero-order valence-electron chi connectivity index (χ0n) is 10.9. The van der Waals surface area contributed by atoms with E-state index in [4.69, 9.17) is 9.15 Å². The van der Waals surface area contributed by atoms with Gasteiger partial charge in [-0.1, -0.05) is 12.1 Å². The van der Waals surface area contributed by atoms with Crippen LogP contribution in [0.15, 0.2) is 28.7 Å². The topological polar surface area (TPSA) is 34.4 Å². The standard InChI is InChI=1S/C14H18FNO2/c1-9(2)17-8-12(16-3)13-7-10-5-4-6-11(15)14(10)18-13/h4-7,9,12,16H,8H2,1-3H3. The van der Waals surface area contributed by atoms with E-state index < -0.39 is 0 Å². The minimum Gasteiger partial charge on any atom is -0.456 e. The van der Waals surface area contributed by atoms with Gasteiger partial charge in [0.25, 0.3) is 0 Å².